The first-order valence-electron chi connectivity index (χ1n) is 7.32. The molecule has 1 aromatic heterocycles. The van der Waals surface area contributed by atoms with E-state index in [-0.39, 0.29) is 17.1 Å². The molecule has 0 bridgehead atoms. The summed E-state index contributed by atoms with van der Waals surface area (Å²) in [5.74, 6) is -0.510. The van der Waals surface area contributed by atoms with Crippen LogP contribution in [0.1, 0.15) is 29.8 Å². The van der Waals surface area contributed by atoms with Gasteiger partial charge in [0.05, 0.1) is 10.6 Å². The van der Waals surface area contributed by atoms with Crippen molar-refractivity contribution >= 4 is 29.1 Å². The zero-order valence-corrected chi connectivity index (χ0v) is 13.4. The number of anilines is 2. The number of nitro groups is 1. The lowest BCUT2D eigenvalue weighted by molar-refractivity contribution is -0.383. The Morgan fingerprint density at radius 3 is 2.64 bits per heavy atom. The van der Waals surface area contributed by atoms with Crippen LogP contribution in [0.2, 0.25) is 0 Å². The van der Waals surface area contributed by atoms with E-state index in [2.05, 4.69) is 15.6 Å². The zero-order chi connectivity index (χ0) is 18.2. The average Bonchev–Trinajstić information content (AvgIpc) is 2.54. The summed E-state index contributed by atoms with van der Waals surface area (Å²) >= 11 is 0. The smallest absolute Gasteiger partial charge is 0.412 e. The number of hydrogen-bond acceptors (Lipinski definition) is 6. The molecule has 0 saturated heterocycles. The maximum atomic E-state index is 12.3. The number of ether oxygens (including phenoxy) is 1. The molecule has 0 spiro atoms. The number of benzene rings is 1. The number of pyridine rings is 1. The van der Waals surface area contributed by atoms with Gasteiger partial charge in [-0.15, -0.1) is 0 Å². The van der Waals surface area contributed by atoms with Crippen molar-refractivity contribution in [1.82, 2.24) is 4.98 Å². The third-order valence-corrected chi connectivity index (χ3v) is 3.76. The zero-order valence-electron chi connectivity index (χ0n) is 13.4. The molecule has 0 atom stereocenters. The minimum atomic E-state index is -0.997. The molecule has 2 aromatic rings. The second-order valence-corrected chi connectivity index (χ2v) is 5.89. The number of nitro benzene ring substituents is 1. The lowest BCUT2D eigenvalue weighted by atomic mass is 9.93. The molecule has 0 unspecified atom stereocenters. The number of rotatable bonds is 3. The van der Waals surface area contributed by atoms with Crippen LogP contribution in [-0.4, -0.2) is 21.9 Å². The molecule has 2 amide bonds. The van der Waals surface area contributed by atoms with Crippen LogP contribution in [-0.2, 0) is 10.3 Å². The number of nitrogens with one attached hydrogen (secondary N) is 2. The Morgan fingerprint density at radius 2 is 2.00 bits per heavy atom. The molecule has 1 aliphatic rings. The van der Waals surface area contributed by atoms with Crippen molar-refractivity contribution in [3.8, 4) is 0 Å². The van der Waals surface area contributed by atoms with Gasteiger partial charge in [0.2, 0.25) is 0 Å². The fourth-order valence-electron chi connectivity index (χ4n) is 2.56. The number of aromatic nitrogens is 1. The highest BCUT2D eigenvalue weighted by Crippen LogP contribution is 2.41. The molecular formula is C16H14N4O5. The van der Waals surface area contributed by atoms with Crippen molar-refractivity contribution in [2.24, 2.45) is 0 Å². The van der Waals surface area contributed by atoms with Gasteiger partial charge in [-0.2, -0.15) is 0 Å². The van der Waals surface area contributed by atoms with Gasteiger partial charge in [0.25, 0.3) is 11.6 Å². The van der Waals surface area contributed by atoms with Crippen LogP contribution in [0, 0.1) is 10.1 Å². The molecule has 3 rings (SSSR count). The molecule has 1 aromatic carbocycles. The van der Waals surface area contributed by atoms with Gasteiger partial charge in [0, 0.05) is 29.6 Å². The number of hydrogen-bond donors (Lipinski definition) is 2. The predicted molar refractivity (Wildman–Crippen MR) is 88.4 cm³/mol. The lowest BCUT2D eigenvalue weighted by Crippen LogP contribution is -2.35. The van der Waals surface area contributed by atoms with Crippen molar-refractivity contribution in [2.45, 2.75) is 19.4 Å². The van der Waals surface area contributed by atoms with E-state index in [1.807, 2.05) is 0 Å². The Kier molecular flexibility index (Phi) is 3.84. The highest BCUT2D eigenvalue weighted by Gasteiger charge is 2.36. The first-order chi connectivity index (χ1) is 11.8. The summed E-state index contributed by atoms with van der Waals surface area (Å²) < 4.78 is 5.20. The minimum Gasteiger partial charge on any atom is -0.438 e. The van der Waals surface area contributed by atoms with Crippen molar-refractivity contribution < 1.29 is 19.2 Å². The summed E-state index contributed by atoms with van der Waals surface area (Å²) in [6, 6.07) is 5.63. The van der Waals surface area contributed by atoms with Crippen LogP contribution in [0.25, 0.3) is 0 Å². The van der Waals surface area contributed by atoms with Crippen molar-refractivity contribution in [1.29, 1.82) is 0 Å². The summed E-state index contributed by atoms with van der Waals surface area (Å²) in [4.78, 5) is 38.5. The summed E-state index contributed by atoms with van der Waals surface area (Å²) in [5, 5.41) is 16.3. The molecule has 2 heterocycles. The molecule has 1 aliphatic heterocycles. The molecule has 25 heavy (non-hydrogen) atoms. The Morgan fingerprint density at radius 1 is 1.32 bits per heavy atom. The fraction of sp³-hybridized carbons (Fsp3) is 0.188. The predicted octanol–water partition coefficient (Wildman–Crippen LogP) is 3.04. The van der Waals surface area contributed by atoms with Gasteiger partial charge in [-0.25, -0.2) is 4.79 Å². The number of carbonyl (C=O) groups excluding carboxylic acids is 2. The number of nitrogens with zero attached hydrogens (tertiary/aromatic N) is 2. The van der Waals surface area contributed by atoms with Crippen LogP contribution in [0.15, 0.2) is 36.7 Å². The minimum absolute atomic E-state index is 0.0124. The third kappa shape index (κ3) is 3.11. The van der Waals surface area contributed by atoms with Gasteiger partial charge in [0.15, 0.2) is 0 Å². The van der Waals surface area contributed by atoms with Gasteiger partial charge in [-0.1, -0.05) is 0 Å². The Hall–Kier alpha value is -3.49. The lowest BCUT2D eigenvalue weighted by Gasteiger charge is -2.32. The average molecular weight is 342 g/mol. The van der Waals surface area contributed by atoms with Crippen LogP contribution < -0.4 is 10.6 Å². The van der Waals surface area contributed by atoms with E-state index in [4.69, 9.17) is 4.74 Å². The summed E-state index contributed by atoms with van der Waals surface area (Å²) in [5.41, 5.74) is -0.218. The first kappa shape index (κ1) is 16.4. The van der Waals surface area contributed by atoms with Crippen molar-refractivity contribution in [3.63, 3.8) is 0 Å². The normalized spacial score (nSPS) is 14.7. The summed E-state index contributed by atoms with van der Waals surface area (Å²) in [6.45, 7) is 3.32. The summed E-state index contributed by atoms with van der Waals surface area (Å²) in [7, 11) is 0. The second kappa shape index (κ2) is 5.86. The Balaban J connectivity index is 2.05. The van der Waals surface area contributed by atoms with E-state index in [1.165, 1.54) is 36.7 Å². The number of amides is 2. The first-order valence-corrected chi connectivity index (χ1v) is 7.32. The van der Waals surface area contributed by atoms with Crippen LogP contribution in [0.5, 0.6) is 0 Å². The number of carbonyl (C=O) groups is 2. The van der Waals surface area contributed by atoms with Gasteiger partial charge in [-0.05, 0) is 32.0 Å². The molecule has 9 heteroatoms. The van der Waals surface area contributed by atoms with Gasteiger partial charge >= 0.3 is 6.09 Å². The van der Waals surface area contributed by atoms with Crippen molar-refractivity contribution in [3.05, 3.63) is 57.9 Å². The molecule has 0 saturated carbocycles. The van der Waals surface area contributed by atoms with E-state index in [0.717, 1.165) is 0 Å². The summed E-state index contributed by atoms with van der Waals surface area (Å²) in [6.07, 6.45) is 2.20. The largest absolute Gasteiger partial charge is 0.438 e. The highest BCUT2D eigenvalue weighted by atomic mass is 16.6. The molecule has 9 nitrogen and oxygen atoms in total. The van der Waals surface area contributed by atoms with E-state index >= 15 is 0 Å². The van der Waals surface area contributed by atoms with E-state index in [1.54, 1.807) is 13.8 Å². The Labute approximate surface area is 142 Å². The topological polar surface area (TPSA) is 123 Å². The van der Waals surface area contributed by atoms with Crippen LogP contribution >= 0.6 is 0 Å². The monoisotopic (exact) mass is 342 g/mol. The third-order valence-electron chi connectivity index (χ3n) is 3.76. The Bertz CT molecular complexity index is 880. The van der Waals surface area contributed by atoms with Crippen molar-refractivity contribution in [2.75, 3.05) is 10.6 Å². The molecule has 0 radical (unpaired) electrons. The highest BCUT2D eigenvalue weighted by molar-refractivity contribution is 6.06. The van der Waals surface area contributed by atoms with Crippen LogP contribution in [0.3, 0.4) is 0 Å². The number of cyclic esters (lactones) is 1. The van der Waals surface area contributed by atoms with Gasteiger partial charge < -0.3 is 10.1 Å². The van der Waals surface area contributed by atoms with Gasteiger partial charge in [0.1, 0.15) is 11.3 Å². The van der Waals surface area contributed by atoms with E-state index in [0.29, 0.717) is 11.1 Å². The maximum Gasteiger partial charge on any atom is 0.412 e. The molecule has 2 N–H and O–H groups in total. The maximum absolute atomic E-state index is 12.3. The van der Waals surface area contributed by atoms with Gasteiger partial charge in [-0.3, -0.25) is 25.2 Å². The fourth-order valence-corrected chi connectivity index (χ4v) is 2.56. The molecule has 0 fully saturated rings. The standard InChI is InChI=1S/C16H14N4O5/c1-16(2)10-7-12(18-14(21)9-3-5-17-6-4-9)13(20(23)24)8-11(10)19-15(22)25-16/h3-8H,1-2H3,(H,18,21)(H,19,22). The molecule has 128 valence electrons. The quantitative estimate of drug-likeness (QED) is 0.652. The van der Waals surface area contributed by atoms with Crippen LogP contribution in [0.4, 0.5) is 21.9 Å². The SMILES string of the molecule is CC1(C)OC(=O)Nc2cc([N+](=O)[O-])c(NC(=O)c3ccncc3)cc21. The number of fused-ring (bicyclic) bond motifs is 1. The van der Waals surface area contributed by atoms with E-state index < -0.39 is 22.5 Å². The molecule has 0 aliphatic carbocycles. The van der Waals surface area contributed by atoms with E-state index in [9.17, 15) is 19.7 Å². The molecular weight excluding hydrogens is 328 g/mol. The second-order valence-electron chi connectivity index (χ2n) is 5.89.